The van der Waals surface area contributed by atoms with Gasteiger partial charge in [-0.25, -0.2) is 13.9 Å². The normalized spacial score (nSPS) is 11.9. The SMILES string of the molecule is COS(=O)CNC(=O)Nc1ccc(COO)cc1. The van der Waals surface area contributed by atoms with Crippen molar-refractivity contribution in [2.24, 2.45) is 0 Å². The van der Waals surface area contributed by atoms with Gasteiger partial charge >= 0.3 is 6.03 Å². The molecule has 0 spiro atoms. The van der Waals surface area contributed by atoms with Gasteiger partial charge in [0.1, 0.15) is 12.5 Å². The van der Waals surface area contributed by atoms with Gasteiger partial charge in [0.2, 0.25) is 0 Å². The first-order chi connectivity index (χ1) is 8.65. The highest BCUT2D eigenvalue weighted by atomic mass is 32.2. The highest BCUT2D eigenvalue weighted by Crippen LogP contribution is 2.09. The molecule has 0 saturated heterocycles. The number of benzene rings is 1. The minimum Gasteiger partial charge on any atom is -0.324 e. The minimum atomic E-state index is -1.53. The Kier molecular flexibility index (Phi) is 6.29. The van der Waals surface area contributed by atoms with Gasteiger partial charge in [0.25, 0.3) is 0 Å². The summed E-state index contributed by atoms with van der Waals surface area (Å²) in [6.45, 7) is 0.0826. The van der Waals surface area contributed by atoms with Crippen LogP contribution >= 0.6 is 0 Å². The van der Waals surface area contributed by atoms with Gasteiger partial charge in [0, 0.05) is 5.69 Å². The zero-order valence-corrected chi connectivity index (χ0v) is 10.5. The van der Waals surface area contributed by atoms with Gasteiger partial charge in [-0.05, 0) is 17.7 Å². The summed E-state index contributed by atoms with van der Waals surface area (Å²) < 4.78 is 15.4. The van der Waals surface area contributed by atoms with Crippen LogP contribution in [-0.4, -0.2) is 28.5 Å². The molecule has 1 unspecified atom stereocenters. The highest BCUT2D eigenvalue weighted by Gasteiger charge is 2.03. The van der Waals surface area contributed by atoms with Crippen LogP contribution in [0.3, 0.4) is 0 Å². The molecule has 0 bridgehead atoms. The van der Waals surface area contributed by atoms with E-state index in [1.807, 2.05) is 0 Å². The summed E-state index contributed by atoms with van der Waals surface area (Å²) in [5.41, 5.74) is 1.33. The molecule has 0 saturated carbocycles. The van der Waals surface area contributed by atoms with E-state index in [9.17, 15) is 9.00 Å². The summed E-state index contributed by atoms with van der Waals surface area (Å²) in [6, 6.07) is 6.22. The van der Waals surface area contributed by atoms with Crippen molar-refractivity contribution in [1.29, 1.82) is 0 Å². The van der Waals surface area contributed by atoms with Crippen molar-refractivity contribution in [3.63, 3.8) is 0 Å². The molecule has 0 aliphatic heterocycles. The standard InChI is InChI=1S/C10H14N2O5S/c1-16-18(15)7-11-10(13)12-9-4-2-8(3-5-9)6-17-14/h2-5,14H,6-7H2,1H3,(H2,11,12,13). The molecular weight excluding hydrogens is 260 g/mol. The van der Waals surface area contributed by atoms with Crippen LogP contribution in [0.4, 0.5) is 10.5 Å². The molecular formula is C10H14N2O5S. The molecule has 1 atom stereocenters. The van der Waals surface area contributed by atoms with E-state index in [4.69, 9.17) is 5.26 Å². The van der Waals surface area contributed by atoms with E-state index >= 15 is 0 Å². The average Bonchev–Trinajstić information content (AvgIpc) is 2.38. The van der Waals surface area contributed by atoms with Crippen molar-refractivity contribution < 1.29 is 23.3 Å². The topological polar surface area (TPSA) is 96.9 Å². The van der Waals surface area contributed by atoms with Gasteiger partial charge in [-0.1, -0.05) is 12.1 Å². The molecule has 100 valence electrons. The van der Waals surface area contributed by atoms with Crippen LogP contribution in [0.2, 0.25) is 0 Å². The Balaban J connectivity index is 2.42. The van der Waals surface area contributed by atoms with Gasteiger partial charge in [-0.15, -0.1) is 0 Å². The lowest BCUT2D eigenvalue weighted by molar-refractivity contribution is -0.253. The van der Waals surface area contributed by atoms with Crippen molar-refractivity contribution in [3.05, 3.63) is 29.8 Å². The van der Waals surface area contributed by atoms with Crippen molar-refractivity contribution >= 4 is 22.8 Å². The van der Waals surface area contributed by atoms with Crippen LogP contribution in [0.15, 0.2) is 24.3 Å². The van der Waals surface area contributed by atoms with Crippen LogP contribution in [0, 0.1) is 0 Å². The maximum Gasteiger partial charge on any atom is 0.320 e. The third-order valence-corrected chi connectivity index (χ3v) is 2.73. The smallest absolute Gasteiger partial charge is 0.320 e. The number of anilines is 1. The number of nitrogens with one attached hydrogen (secondary N) is 2. The predicted molar refractivity (Wildman–Crippen MR) is 66.0 cm³/mol. The Bertz CT molecular complexity index is 409. The number of hydrogen-bond acceptors (Lipinski definition) is 5. The lowest BCUT2D eigenvalue weighted by atomic mass is 10.2. The van der Waals surface area contributed by atoms with Gasteiger partial charge in [0.05, 0.1) is 7.11 Å². The summed E-state index contributed by atoms with van der Waals surface area (Å²) >= 11 is -1.53. The number of hydrogen-bond donors (Lipinski definition) is 3. The maximum atomic E-state index is 11.4. The molecule has 7 nitrogen and oxygen atoms in total. The highest BCUT2D eigenvalue weighted by molar-refractivity contribution is 7.80. The van der Waals surface area contributed by atoms with Crippen LogP contribution in [0.1, 0.15) is 5.56 Å². The Morgan fingerprint density at radius 3 is 2.61 bits per heavy atom. The number of urea groups is 1. The van der Waals surface area contributed by atoms with E-state index in [1.54, 1.807) is 24.3 Å². The number of amides is 2. The Labute approximate surface area is 107 Å². The fourth-order valence-corrected chi connectivity index (χ4v) is 1.48. The average molecular weight is 274 g/mol. The van der Waals surface area contributed by atoms with Crippen molar-refractivity contribution in [1.82, 2.24) is 5.32 Å². The molecule has 0 aliphatic carbocycles. The molecule has 0 fully saturated rings. The zero-order chi connectivity index (χ0) is 13.4. The van der Waals surface area contributed by atoms with Crippen LogP contribution in [-0.2, 0) is 26.8 Å². The van der Waals surface area contributed by atoms with Crippen LogP contribution in [0.25, 0.3) is 0 Å². The monoisotopic (exact) mass is 274 g/mol. The molecule has 1 aromatic carbocycles. The molecule has 18 heavy (non-hydrogen) atoms. The first-order valence-corrected chi connectivity index (χ1v) is 6.23. The number of carbonyl (C=O) groups excluding carboxylic acids is 1. The molecule has 0 aromatic heterocycles. The molecule has 8 heteroatoms. The maximum absolute atomic E-state index is 11.4. The molecule has 0 heterocycles. The quantitative estimate of drug-likeness (QED) is 0.532. The van der Waals surface area contributed by atoms with Gasteiger partial charge in [-0.2, -0.15) is 0 Å². The molecule has 2 amide bonds. The Hall–Kier alpha value is -1.48. The molecule has 1 aromatic rings. The summed E-state index contributed by atoms with van der Waals surface area (Å²) in [6.07, 6.45) is 0. The second-order valence-electron chi connectivity index (χ2n) is 3.22. The van der Waals surface area contributed by atoms with Gasteiger partial charge in [0.15, 0.2) is 11.1 Å². The molecule has 3 N–H and O–H groups in total. The summed E-state index contributed by atoms with van der Waals surface area (Å²) in [5, 5.41) is 13.2. The fourth-order valence-electron chi connectivity index (χ4n) is 1.12. The van der Waals surface area contributed by atoms with Gasteiger partial charge < -0.3 is 10.6 Å². The molecule has 1 rings (SSSR count). The lowest BCUT2D eigenvalue weighted by Crippen LogP contribution is -2.31. The Morgan fingerprint density at radius 2 is 2.06 bits per heavy atom. The van der Waals surface area contributed by atoms with E-state index < -0.39 is 17.1 Å². The summed E-state index contributed by atoms with van der Waals surface area (Å²) in [7, 11) is 1.29. The minimum absolute atomic E-state index is 0.0826. The fraction of sp³-hybridized carbons (Fsp3) is 0.300. The number of rotatable bonds is 6. The summed E-state index contributed by atoms with van der Waals surface area (Å²) in [4.78, 5) is 15.3. The predicted octanol–water partition coefficient (Wildman–Crippen LogP) is 1.07. The third kappa shape index (κ3) is 5.23. The Morgan fingerprint density at radius 1 is 1.39 bits per heavy atom. The molecule has 0 radical (unpaired) electrons. The van der Waals surface area contributed by atoms with Crippen molar-refractivity contribution in [3.8, 4) is 0 Å². The first kappa shape index (κ1) is 14.6. The van der Waals surface area contributed by atoms with E-state index in [0.29, 0.717) is 5.69 Å². The third-order valence-electron chi connectivity index (χ3n) is 1.98. The summed E-state index contributed by atoms with van der Waals surface area (Å²) in [5.74, 6) is -0.0846. The lowest BCUT2D eigenvalue weighted by Gasteiger charge is -2.07. The van der Waals surface area contributed by atoms with Crippen LogP contribution in [0.5, 0.6) is 0 Å². The van der Waals surface area contributed by atoms with E-state index in [1.165, 1.54) is 7.11 Å². The van der Waals surface area contributed by atoms with E-state index in [0.717, 1.165) is 5.56 Å². The largest absolute Gasteiger partial charge is 0.324 e. The van der Waals surface area contributed by atoms with Crippen molar-refractivity contribution in [2.75, 3.05) is 18.3 Å². The van der Waals surface area contributed by atoms with Gasteiger partial charge in [-0.3, -0.25) is 9.44 Å². The molecule has 0 aliphatic rings. The number of carbonyl (C=O) groups is 1. The first-order valence-electron chi connectivity index (χ1n) is 4.98. The van der Waals surface area contributed by atoms with Crippen molar-refractivity contribution in [2.45, 2.75) is 6.61 Å². The second kappa shape index (κ2) is 7.77. The van der Waals surface area contributed by atoms with E-state index in [-0.39, 0.29) is 12.5 Å². The van der Waals surface area contributed by atoms with Crippen LogP contribution < -0.4 is 10.6 Å². The zero-order valence-electron chi connectivity index (χ0n) is 9.71. The second-order valence-corrected chi connectivity index (χ2v) is 4.45. The van der Waals surface area contributed by atoms with E-state index in [2.05, 4.69) is 19.7 Å².